The molecule has 5 nitrogen and oxygen atoms in total. The van der Waals surface area contributed by atoms with Gasteiger partial charge in [-0.15, -0.1) is 0 Å². The molecule has 2 rings (SSSR count). The van der Waals surface area contributed by atoms with Gasteiger partial charge in [-0.25, -0.2) is 0 Å². The van der Waals surface area contributed by atoms with Gasteiger partial charge >= 0.3 is 0 Å². The van der Waals surface area contributed by atoms with Crippen LogP contribution < -0.4 is 15.8 Å². The Hall–Kier alpha value is -1.62. The van der Waals surface area contributed by atoms with Gasteiger partial charge in [0.2, 0.25) is 0 Å². The van der Waals surface area contributed by atoms with Crippen molar-refractivity contribution in [2.24, 2.45) is 5.73 Å². The van der Waals surface area contributed by atoms with Crippen molar-refractivity contribution in [3.05, 3.63) is 23.5 Å². The second-order valence-electron chi connectivity index (χ2n) is 5.65. The molecule has 5 heteroatoms. The number of amides is 1. The predicted molar refractivity (Wildman–Crippen MR) is 82.0 cm³/mol. The lowest BCUT2D eigenvalue weighted by atomic mass is 10.1. The fourth-order valence-corrected chi connectivity index (χ4v) is 2.71. The fourth-order valence-electron chi connectivity index (χ4n) is 2.71. The number of pyridine rings is 1. The van der Waals surface area contributed by atoms with Crippen molar-refractivity contribution in [1.29, 1.82) is 0 Å². The van der Waals surface area contributed by atoms with Crippen LogP contribution in [0.1, 0.15) is 49.9 Å². The number of nitrogens with one attached hydrogen (secondary N) is 1. The van der Waals surface area contributed by atoms with Crippen molar-refractivity contribution < 1.29 is 9.53 Å². The van der Waals surface area contributed by atoms with Gasteiger partial charge in [0.25, 0.3) is 5.91 Å². The molecular formula is C16H25N3O2. The van der Waals surface area contributed by atoms with E-state index in [-0.39, 0.29) is 12.5 Å². The summed E-state index contributed by atoms with van der Waals surface area (Å²) in [5.41, 5.74) is 7.24. The van der Waals surface area contributed by atoms with E-state index >= 15 is 0 Å². The zero-order chi connectivity index (χ0) is 15.1. The van der Waals surface area contributed by atoms with Gasteiger partial charge < -0.3 is 15.8 Å². The molecule has 0 radical (unpaired) electrons. The lowest BCUT2D eigenvalue weighted by Gasteiger charge is -2.17. The number of carbonyl (C=O) groups excluding carboxylic acids is 1. The number of aryl methyl sites for hydroxylation is 1. The normalized spacial score (nSPS) is 16.3. The molecule has 0 spiro atoms. The quantitative estimate of drug-likeness (QED) is 0.814. The Morgan fingerprint density at radius 3 is 2.71 bits per heavy atom. The van der Waals surface area contributed by atoms with Crippen LogP contribution in [0.4, 0.5) is 0 Å². The van der Waals surface area contributed by atoms with Gasteiger partial charge in [0.05, 0.1) is 5.69 Å². The molecule has 0 unspecified atom stereocenters. The Kier molecular flexibility index (Phi) is 5.99. The highest BCUT2D eigenvalue weighted by molar-refractivity contribution is 5.77. The second-order valence-corrected chi connectivity index (χ2v) is 5.65. The number of rotatable bonds is 5. The van der Waals surface area contributed by atoms with Gasteiger partial charge in [-0.3, -0.25) is 9.78 Å². The van der Waals surface area contributed by atoms with E-state index < -0.39 is 0 Å². The van der Waals surface area contributed by atoms with Crippen molar-refractivity contribution in [3.63, 3.8) is 0 Å². The zero-order valence-corrected chi connectivity index (χ0v) is 12.7. The maximum absolute atomic E-state index is 12.0. The molecule has 1 aromatic rings. The van der Waals surface area contributed by atoms with Gasteiger partial charge in [-0.2, -0.15) is 0 Å². The summed E-state index contributed by atoms with van der Waals surface area (Å²) < 4.78 is 5.56. The standard InChI is InChI=1S/C16H25N3O2/c1-12-8-9-15(14(10-17)18-12)21-11-16(20)19-13-6-4-2-3-5-7-13/h8-9,13H,2-7,10-11,17H2,1H3,(H,19,20). The van der Waals surface area contributed by atoms with E-state index in [0.29, 0.717) is 24.0 Å². The first-order valence-corrected chi connectivity index (χ1v) is 7.78. The number of carbonyl (C=O) groups is 1. The van der Waals surface area contributed by atoms with Crippen molar-refractivity contribution in [2.75, 3.05) is 6.61 Å². The van der Waals surface area contributed by atoms with Gasteiger partial charge in [-0.05, 0) is 31.9 Å². The number of ether oxygens (including phenoxy) is 1. The Balaban J connectivity index is 1.83. The summed E-state index contributed by atoms with van der Waals surface area (Å²) in [6.07, 6.45) is 7.10. The first kappa shape index (κ1) is 15.8. The Morgan fingerprint density at radius 2 is 2.05 bits per heavy atom. The van der Waals surface area contributed by atoms with E-state index in [9.17, 15) is 4.79 Å². The molecule has 1 aliphatic rings. The molecule has 1 heterocycles. The molecule has 1 amide bonds. The SMILES string of the molecule is Cc1ccc(OCC(=O)NC2CCCCCC2)c(CN)n1. The third-order valence-electron chi connectivity index (χ3n) is 3.84. The van der Waals surface area contributed by atoms with E-state index in [1.54, 1.807) is 0 Å². The monoisotopic (exact) mass is 291 g/mol. The lowest BCUT2D eigenvalue weighted by molar-refractivity contribution is -0.123. The van der Waals surface area contributed by atoms with Crippen LogP contribution in [0.3, 0.4) is 0 Å². The summed E-state index contributed by atoms with van der Waals surface area (Å²) in [5, 5.41) is 3.06. The third kappa shape index (κ3) is 5.01. The summed E-state index contributed by atoms with van der Waals surface area (Å²) in [5.74, 6) is 0.532. The molecule has 0 atom stereocenters. The van der Waals surface area contributed by atoms with E-state index in [1.807, 2.05) is 19.1 Å². The van der Waals surface area contributed by atoms with Gasteiger partial charge in [-0.1, -0.05) is 25.7 Å². The van der Waals surface area contributed by atoms with Crippen LogP contribution in [-0.2, 0) is 11.3 Å². The van der Waals surface area contributed by atoms with Gasteiger partial charge in [0, 0.05) is 18.3 Å². The molecule has 0 saturated heterocycles. The van der Waals surface area contributed by atoms with Crippen LogP contribution in [0.25, 0.3) is 0 Å². The van der Waals surface area contributed by atoms with Crippen molar-refractivity contribution >= 4 is 5.91 Å². The Bertz CT molecular complexity index is 469. The van der Waals surface area contributed by atoms with Crippen molar-refractivity contribution in [1.82, 2.24) is 10.3 Å². The number of nitrogens with two attached hydrogens (primary N) is 1. The number of hydrogen-bond donors (Lipinski definition) is 2. The Morgan fingerprint density at radius 1 is 1.33 bits per heavy atom. The average molecular weight is 291 g/mol. The summed E-state index contributed by atoms with van der Waals surface area (Å²) in [7, 11) is 0. The lowest BCUT2D eigenvalue weighted by Crippen LogP contribution is -2.37. The molecule has 3 N–H and O–H groups in total. The summed E-state index contributed by atoms with van der Waals surface area (Å²) in [6, 6.07) is 3.98. The second kappa shape index (κ2) is 7.98. The highest BCUT2D eigenvalue weighted by atomic mass is 16.5. The van der Waals surface area contributed by atoms with E-state index in [1.165, 1.54) is 25.7 Å². The van der Waals surface area contributed by atoms with Crippen LogP contribution in [0.5, 0.6) is 5.75 Å². The van der Waals surface area contributed by atoms with Crippen LogP contribution in [0, 0.1) is 6.92 Å². The fraction of sp³-hybridized carbons (Fsp3) is 0.625. The summed E-state index contributed by atoms with van der Waals surface area (Å²) in [4.78, 5) is 16.3. The molecule has 1 fully saturated rings. The van der Waals surface area contributed by atoms with Crippen LogP contribution in [-0.4, -0.2) is 23.5 Å². The molecule has 1 aromatic heterocycles. The number of aromatic nitrogens is 1. The summed E-state index contributed by atoms with van der Waals surface area (Å²) >= 11 is 0. The molecule has 21 heavy (non-hydrogen) atoms. The minimum Gasteiger partial charge on any atom is -0.482 e. The molecule has 0 aromatic carbocycles. The molecule has 1 aliphatic carbocycles. The molecule has 1 saturated carbocycles. The molecule has 116 valence electrons. The molecule has 0 bridgehead atoms. The topological polar surface area (TPSA) is 77.2 Å². The van der Waals surface area contributed by atoms with Crippen molar-refractivity contribution in [3.8, 4) is 5.75 Å². The summed E-state index contributed by atoms with van der Waals surface area (Å²) in [6.45, 7) is 2.23. The highest BCUT2D eigenvalue weighted by Crippen LogP contribution is 2.18. The van der Waals surface area contributed by atoms with Crippen molar-refractivity contribution in [2.45, 2.75) is 58.0 Å². The predicted octanol–water partition coefficient (Wildman–Crippen LogP) is 2.07. The van der Waals surface area contributed by atoms with E-state index in [4.69, 9.17) is 10.5 Å². The maximum Gasteiger partial charge on any atom is 0.258 e. The maximum atomic E-state index is 12.0. The first-order valence-electron chi connectivity index (χ1n) is 7.78. The highest BCUT2D eigenvalue weighted by Gasteiger charge is 2.15. The van der Waals surface area contributed by atoms with E-state index in [0.717, 1.165) is 18.5 Å². The Labute approximate surface area is 126 Å². The molecule has 0 aliphatic heterocycles. The third-order valence-corrected chi connectivity index (χ3v) is 3.84. The minimum atomic E-state index is -0.0644. The molecular weight excluding hydrogens is 266 g/mol. The average Bonchev–Trinajstić information content (AvgIpc) is 2.74. The van der Waals surface area contributed by atoms with E-state index in [2.05, 4.69) is 10.3 Å². The number of hydrogen-bond acceptors (Lipinski definition) is 4. The largest absolute Gasteiger partial charge is 0.482 e. The van der Waals surface area contributed by atoms with Crippen LogP contribution in [0.2, 0.25) is 0 Å². The smallest absolute Gasteiger partial charge is 0.258 e. The van der Waals surface area contributed by atoms with Crippen LogP contribution in [0.15, 0.2) is 12.1 Å². The first-order chi connectivity index (χ1) is 10.2. The van der Waals surface area contributed by atoms with Crippen LogP contribution >= 0.6 is 0 Å². The van der Waals surface area contributed by atoms with Gasteiger partial charge in [0.1, 0.15) is 5.75 Å². The number of nitrogens with zero attached hydrogens (tertiary/aromatic N) is 1. The van der Waals surface area contributed by atoms with Gasteiger partial charge in [0.15, 0.2) is 6.61 Å². The zero-order valence-electron chi connectivity index (χ0n) is 12.7. The minimum absolute atomic E-state index is 0.0221.